The minimum atomic E-state index is -0.582. The van der Waals surface area contributed by atoms with Gasteiger partial charge >= 0.3 is 0 Å². The first-order valence-corrected chi connectivity index (χ1v) is 15.1. The van der Waals surface area contributed by atoms with Crippen LogP contribution < -0.4 is 24.9 Å². The molecule has 2 aromatic carbocycles. The number of hydrogen-bond donors (Lipinski definition) is 1. The van der Waals surface area contributed by atoms with E-state index in [1.165, 1.54) is 22.7 Å². The number of nitrogens with zero attached hydrogens (tertiary/aromatic N) is 3. The highest BCUT2D eigenvalue weighted by molar-refractivity contribution is 7.10. The molecule has 0 bridgehead atoms. The standard InChI is InChI=1S/C31H28N4O4S2/c1-20-27(29(37)33-22-8-3-2-4-9-22)28(24-10-7-17-40-24)35-30(38)25(41-31(35)32-20)18-21-11-13-23(14-12-21)39-19-26(36)34-15-5-6-16-34/h2-4,7-14,17-18,28H,5-6,15-16,19H2,1H3,(H,33,37)/b25-18+/t28-/m1/s1. The summed E-state index contributed by atoms with van der Waals surface area (Å²) in [6, 6.07) is 19.8. The van der Waals surface area contributed by atoms with E-state index >= 15 is 0 Å². The number of ether oxygens (including phenoxy) is 1. The van der Waals surface area contributed by atoms with Crippen LogP contribution in [0.25, 0.3) is 6.08 Å². The zero-order valence-corrected chi connectivity index (χ0v) is 24.0. The van der Waals surface area contributed by atoms with E-state index in [0.29, 0.717) is 32.0 Å². The van der Waals surface area contributed by atoms with Crippen LogP contribution in [0.4, 0.5) is 5.69 Å². The summed E-state index contributed by atoms with van der Waals surface area (Å²) in [6.07, 6.45) is 3.90. The third-order valence-corrected chi connectivity index (χ3v) is 9.02. The molecule has 0 spiro atoms. The van der Waals surface area contributed by atoms with Crippen LogP contribution in [0.2, 0.25) is 0 Å². The number of nitrogens with one attached hydrogen (secondary N) is 1. The number of rotatable bonds is 7. The van der Waals surface area contributed by atoms with Crippen LogP contribution in [0, 0.1) is 0 Å². The van der Waals surface area contributed by atoms with E-state index in [2.05, 4.69) is 10.3 Å². The van der Waals surface area contributed by atoms with E-state index in [4.69, 9.17) is 4.74 Å². The topological polar surface area (TPSA) is 93.0 Å². The van der Waals surface area contributed by atoms with Crippen LogP contribution in [0.5, 0.6) is 5.75 Å². The number of hydrogen-bond acceptors (Lipinski definition) is 7. The average Bonchev–Trinajstić information content (AvgIpc) is 3.76. The van der Waals surface area contributed by atoms with Crippen LogP contribution in [-0.2, 0) is 9.59 Å². The number of benzene rings is 2. The maximum atomic E-state index is 13.8. The Bertz CT molecular complexity index is 1780. The lowest BCUT2D eigenvalue weighted by molar-refractivity contribution is -0.132. The number of likely N-dealkylation sites (tertiary alicyclic amines) is 1. The molecule has 41 heavy (non-hydrogen) atoms. The minimum absolute atomic E-state index is 0.0000869. The summed E-state index contributed by atoms with van der Waals surface area (Å²) >= 11 is 2.80. The van der Waals surface area contributed by atoms with E-state index in [1.807, 2.05) is 77.9 Å². The number of thiazole rings is 1. The maximum Gasteiger partial charge on any atom is 0.271 e. The summed E-state index contributed by atoms with van der Waals surface area (Å²) < 4.78 is 7.83. The fourth-order valence-electron chi connectivity index (χ4n) is 5.06. The Balaban J connectivity index is 1.29. The quantitative estimate of drug-likeness (QED) is 0.356. The molecule has 8 nitrogen and oxygen atoms in total. The number of anilines is 1. The largest absolute Gasteiger partial charge is 0.484 e. The van der Waals surface area contributed by atoms with Crippen molar-refractivity contribution in [2.24, 2.45) is 4.99 Å². The Kier molecular flexibility index (Phi) is 7.67. The average molecular weight is 585 g/mol. The van der Waals surface area contributed by atoms with Crippen LogP contribution >= 0.6 is 22.7 Å². The van der Waals surface area contributed by atoms with Gasteiger partial charge < -0.3 is 15.0 Å². The Morgan fingerprint density at radius 3 is 2.51 bits per heavy atom. The molecular weight excluding hydrogens is 556 g/mol. The van der Waals surface area contributed by atoms with E-state index in [-0.39, 0.29) is 24.0 Å². The molecule has 2 aliphatic rings. The molecule has 0 saturated carbocycles. The zero-order valence-electron chi connectivity index (χ0n) is 22.4. The molecule has 2 amide bonds. The van der Waals surface area contributed by atoms with E-state index in [0.717, 1.165) is 36.4 Å². The van der Waals surface area contributed by atoms with Crippen molar-refractivity contribution in [2.75, 3.05) is 25.0 Å². The molecule has 4 heterocycles. The van der Waals surface area contributed by atoms with Crippen LogP contribution in [0.1, 0.15) is 36.2 Å². The predicted octanol–water partition coefficient (Wildman–Crippen LogP) is 3.94. The molecule has 1 saturated heterocycles. The summed E-state index contributed by atoms with van der Waals surface area (Å²) in [6.45, 7) is 3.42. The molecule has 0 aliphatic carbocycles. The van der Waals surface area contributed by atoms with Gasteiger partial charge in [0.2, 0.25) is 0 Å². The lowest BCUT2D eigenvalue weighted by Gasteiger charge is -2.24. The SMILES string of the molecule is CC1=C(C(=O)Nc2ccccc2)[C@@H](c2cccs2)n2c(s/c(=C/c3ccc(OCC(=O)N4CCCC4)cc3)c2=O)=N1. The highest BCUT2D eigenvalue weighted by Crippen LogP contribution is 2.33. The molecule has 1 fully saturated rings. The van der Waals surface area contributed by atoms with Crippen molar-refractivity contribution in [1.29, 1.82) is 0 Å². The number of carbonyl (C=O) groups is 2. The Morgan fingerprint density at radius 1 is 1.05 bits per heavy atom. The van der Waals surface area contributed by atoms with Crippen molar-refractivity contribution in [3.05, 3.63) is 114 Å². The molecule has 2 aromatic heterocycles. The van der Waals surface area contributed by atoms with Gasteiger partial charge in [-0.05, 0) is 67.1 Å². The Morgan fingerprint density at radius 2 is 1.80 bits per heavy atom. The number of para-hydroxylation sites is 1. The van der Waals surface area contributed by atoms with Crippen molar-refractivity contribution in [3.8, 4) is 5.75 Å². The zero-order chi connectivity index (χ0) is 28.3. The van der Waals surface area contributed by atoms with Gasteiger partial charge in [-0.3, -0.25) is 19.0 Å². The van der Waals surface area contributed by atoms with Gasteiger partial charge in [0, 0.05) is 23.7 Å². The highest BCUT2D eigenvalue weighted by atomic mass is 32.1. The number of allylic oxidation sites excluding steroid dienone is 1. The molecular formula is C31H28N4O4S2. The lowest BCUT2D eigenvalue weighted by Crippen LogP contribution is -2.40. The first-order valence-electron chi connectivity index (χ1n) is 13.4. The van der Waals surface area contributed by atoms with Crippen molar-refractivity contribution in [3.63, 3.8) is 0 Å². The Labute approximate surface area is 244 Å². The van der Waals surface area contributed by atoms with Crippen molar-refractivity contribution in [2.45, 2.75) is 25.8 Å². The van der Waals surface area contributed by atoms with Gasteiger partial charge in [0.25, 0.3) is 17.4 Å². The number of amides is 2. The molecule has 0 radical (unpaired) electrons. The molecule has 0 unspecified atom stereocenters. The molecule has 208 valence electrons. The monoisotopic (exact) mass is 584 g/mol. The molecule has 6 rings (SSSR count). The fraction of sp³-hybridized carbons (Fsp3) is 0.226. The second-order valence-corrected chi connectivity index (χ2v) is 11.9. The molecule has 2 aliphatic heterocycles. The van der Waals surface area contributed by atoms with E-state index in [9.17, 15) is 14.4 Å². The normalized spacial score (nSPS) is 16.9. The first kappa shape index (κ1) is 26.9. The van der Waals surface area contributed by atoms with Crippen LogP contribution in [0.3, 0.4) is 0 Å². The third kappa shape index (κ3) is 5.66. The van der Waals surface area contributed by atoms with Crippen molar-refractivity contribution in [1.82, 2.24) is 9.47 Å². The van der Waals surface area contributed by atoms with Gasteiger partial charge in [0.15, 0.2) is 11.4 Å². The number of fused-ring (bicyclic) bond motifs is 1. The number of carbonyl (C=O) groups excluding carboxylic acids is 2. The molecule has 4 aromatic rings. The van der Waals surface area contributed by atoms with E-state index < -0.39 is 6.04 Å². The lowest BCUT2D eigenvalue weighted by atomic mass is 10.0. The van der Waals surface area contributed by atoms with Gasteiger partial charge in [-0.15, -0.1) is 11.3 Å². The maximum absolute atomic E-state index is 13.8. The summed E-state index contributed by atoms with van der Waals surface area (Å²) in [4.78, 5) is 47.5. The second kappa shape index (κ2) is 11.7. The molecule has 1 N–H and O–H groups in total. The fourth-order valence-corrected chi connectivity index (χ4v) is 6.93. The van der Waals surface area contributed by atoms with Crippen molar-refractivity contribution < 1.29 is 14.3 Å². The van der Waals surface area contributed by atoms with Crippen LogP contribution in [0.15, 0.2) is 93.2 Å². The van der Waals surface area contributed by atoms with Gasteiger partial charge in [0.05, 0.1) is 15.8 Å². The van der Waals surface area contributed by atoms with Crippen LogP contribution in [-0.4, -0.2) is 41.0 Å². The first-order chi connectivity index (χ1) is 20.0. The van der Waals surface area contributed by atoms with Crippen molar-refractivity contribution >= 4 is 46.3 Å². The molecule has 10 heteroatoms. The minimum Gasteiger partial charge on any atom is -0.484 e. The summed E-state index contributed by atoms with van der Waals surface area (Å²) in [5.41, 5.74) is 2.31. The summed E-state index contributed by atoms with van der Waals surface area (Å²) in [5, 5.41) is 4.90. The Hall–Kier alpha value is -4.28. The molecule has 1 atom stereocenters. The highest BCUT2D eigenvalue weighted by Gasteiger charge is 2.33. The third-order valence-electron chi connectivity index (χ3n) is 7.11. The predicted molar refractivity (Wildman–Crippen MR) is 161 cm³/mol. The number of thiophene rings is 1. The smallest absolute Gasteiger partial charge is 0.271 e. The van der Waals surface area contributed by atoms with Gasteiger partial charge in [0.1, 0.15) is 11.8 Å². The number of aromatic nitrogens is 1. The summed E-state index contributed by atoms with van der Waals surface area (Å²) in [7, 11) is 0. The second-order valence-electron chi connectivity index (χ2n) is 9.86. The van der Waals surface area contributed by atoms with Gasteiger partial charge in [-0.1, -0.05) is 47.7 Å². The van der Waals surface area contributed by atoms with Gasteiger partial charge in [-0.2, -0.15) is 0 Å². The van der Waals surface area contributed by atoms with Gasteiger partial charge in [-0.25, -0.2) is 4.99 Å². The summed E-state index contributed by atoms with van der Waals surface area (Å²) in [5.74, 6) is 0.308. The van der Waals surface area contributed by atoms with E-state index in [1.54, 1.807) is 16.7 Å².